The van der Waals surface area contributed by atoms with Crippen molar-refractivity contribution in [3.05, 3.63) is 0 Å². The number of nitrogens with zero attached hydrogens (tertiary/aromatic N) is 2. The van der Waals surface area contributed by atoms with E-state index in [-0.39, 0.29) is 6.03 Å². The second-order valence-electron chi connectivity index (χ2n) is 6.05. The van der Waals surface area contributed by atoms with Gasteiger partial charge in [-0.3, -0.25) is 0 Å². The van der Waals surface area contributed by atoms with E-state index in [0.29, 0.717) is 44.6 Å². The van der Waals surface area contributed by atoms with Crippen LogP contribution in [0.2, 0.25) is 0 Å². The largest absolute Gasteiger partial charge is 0.453 e. The minimum absolute atomic E-state index is 0.0889. The maximum atomic E-state index is 12.1. The molecule has 2 fully saturated rings. The molecule has 1 aliphatic heterocycles. The number of nitrogens with one attached hydrogen (secondary N) is 1. The van der Waals surface area contributed by atoms with Crippen LogP contribution < -0.4 is 11.1 Å². The summed E-state index contributed by atoms with van der Waals surface area (Å²) in [6.07, 6.45) is 3.40. The molecular weight excluding hydrogens is 272 g/mol. The molecular formula is C14H25N4O3. The maximum absolute atomic E-state index is 12.1. The average Bonchev–Trinajstić information content (AvgIpc) is 2.53. The summed E-state index contributed by atoms with van der Waals surface area (Å²) in [4.78, 5) is 25.7. The molecule has 1 saturated heterocycles. The highest BCUT2D eigenvalue weighted by Crippen LogP contribution is 2.27. The van der Waals surface area contributed by atoms with Gasteiger partial charge in [0, 0.05) is 32.7 Å². The molecule has 7 heteroatoms. The molecule has 0 aromatic rings. The Hall–Kier alpha value is -1.50. The summed E-state index contributed by atoms with van der Waals surface area (Å²) in [5.41, 5.74) is 5.67. The van der Waals surface area contributed by atoms with Gasteiger partial charge >= 0.3 is 12.1 Å². The monoisotopic (exact) mass is 297 g/mol. The summed E-state index contributed by atoms with van der Waals surface area (Å²) in [7, 11) is 0. The molecule has 0 spiro atoms. The first kappa shape index (κ1) is 15.9. The fourth-order valence-corrected chi connectivity index (χ4v) is 3.11. The van der Waals surface area contributed by atoms with E-state index in [9.17, 15) is 14.7 Å². The smallest absolute Gasteiger partial charge is 0.338 e. The second kappa shape index (κ2) is 7.49. The van der Waals surface area contributed by atoms with Crippen molar-refractivity contribution in [2.45, 2.75) is 25.7 Å². The van der Waals surface area contributed by atoms with Gasteiger partial charge in [0.05, 0.1) is 0 Å². The van der Waals surface area contributed by atoms with Gasteiger partial charge in [-0.15, -0.1) is 0 Å². The number of urea groups is 1. The van der Waals surface area contributed by atoms with Gasteiger partial charge in [0.1, 0.15) is 0 Å². The van der Waals surface area contributed by atoms with Gasteiger partial charge in [0.2, 0.25) is 0 Å². The lowest BCUT2D eigenvalue weighted by molar-refractivity contribution is 0.0932. The van der Waals surface area contributed by atoms with Gasteiger partial charge in [-0.1, -0.05) is 0 Å². The molecule has 0 unspecified atom stereocenters. The first-order valence-electron chi connectivity index (χ1n) is 7.79. The standard InChI is InChI=1S/C14H25N4O3/c15-9-11-1-3-12(4-2-11)10-16-13(19)17-5-7-18(8-6-17)14(20)21/h11-12H,1-10,15H2,(H,16,19)/t11-,12-. The van der Waals surface area contributed by atoms with E-state index in [2.05, 4.69) is 5.32 Å². The highest BCUT2D eigenvalue weighted by Gasteiger charge is 2.25. The van der Waals surface area contributed by atoms with Crippen molar-refractivity contribution in [3.8, 4) is 0 Å². The number of rotatable bonds is 3. The normalized spacial score (nSPS) is 26.5. The zero-order valence-corrected chi connectivity index (χ0v) is 12.4. The Labute approximate surface area is 125 Å². The SMILES string of the molecule is NC[C@H]1CC[C@H](CNC(=O)N2CCN(C([O])=O)CC2)CC1. The molecule has 1 aliphatic carbocycles. The molecule has 3 amide bonds. The Balaban J connectivity index is 1.65. The highest BCUT2D eigenvalue weighted by molar-refractivity contribution is 5.74. The van der Waals surface area contributed by atoms with E-state index in [0.717, 1.165) is 32.2 Å². The maximum Gasteiger partial charge on any atom is 0.453 e. The number of carbonyl (C=O) groups is 2. The summed E-state index contributed by atoms with van der Waals surface area (Å²) in [5.74, 6) is 1.19. The molecule has 119 valence electrons. The summed E-state index contributed by atoms with van der Waals surface area (Å²) in [6.45, 7) is 2.99. The Morgan fingerprint density at radius 2 is 1.48 bits per heavy atom. The van der Waals surface area contributed by atoms with E-state index < -0.39 is 6.09 Å². The van der Waals surface area contributed by atoms with Crippen LogP contribution in [0.3, 0.4) is 0 Å². The van der Waals surface area contributed by atoms with E-state index in [1.54, 1.807) is 4.90 Å². The van der Waals surface area contributed by atoms with Crippen molar-refractivity contribution < 1.29 is 14.7 Å². The van der Waals surface area contributed by atoms with Crippen molar-refractivity contribution in [2.75, 3.05) is 39.3 Å². The van der Waals surface area contributed by atoms with Gasteiger partial charge in [0.25, 0.3) is 0 Å². The number of carbonyl (C=O) groups excluding carboxylic acids is 2. The predicted octanol–water partition coefficient (Wildman–Crippen LogP) is 0.629. The van der Waals surface area contributed by atoms with Crippen LogP contribution in [0, 0.1) is 11.8 Å². The summed E-state index contributed by atoms with van der Waals surface area (Å²) in [5, 5.41) is 13.7. The Morgan fingerprint density at radius 1 is 0.952 bits per heavy atom. The lowest BCUT2D eigenvalue weighted by Gasteiger charge is -2.33. The molecule has 2 aliphatic rings. The molecule has 0 bridgehead atoms. The molecule has 3 N–H and O–H groups in total. The lowest BCUT2D eigenvalue weighted by Crippen LogP contribution is -2.53. The topological polar surface area (TPSA) is 98.6 Å². The van der Waals surface area contributed by atoms with Gasteiger partial charge in [-0.05, 0) is 44.1 Å². The van der Waals surface area contributed by atoms with Crippen molar-refractivity contribution in [2.24, 2.45) is 17.6 Å². The number of piperazine rings is 1. The molecule has 0 aromatic carbocycles. The van der Waals surface area contributed by atoms with Crippen LogP contribution in [-0.2, 0) is 5.11 Å². The molecule has 1 radical (unpaired) electrons. The summed E-state index contributed by atoms with van der Waals surface area (Å²) >= 11 is 0. The van der Waals surface area contributed by atoms with E-state index in [1.165, 1.54) is 4.90 Å². The number of nitrogens with two attached hydrogens (primary N) is 1. The lowest BCUT2D eigenvalue weighted by atomic mass is 9.82. The molecule has 1 heterocycles. The Kier molecular flexibility index (Phi) is 5.67. The Bertz CT molecular complexity index is 361. The van der Waals surface area contributed by atoms with Crippen molar-refractivity contribution in [3.63, 3.8) is 0 Å². The predicted molar refractivity (Wildman–Crippen MR) is 77.1 cm³/mol. The summed E-state index contributed by atoms with van der Waals surface area (Å²) < 4.78 is 0. The average molecular weight is 297 g/mol. The highest BCUT2D eigenvalue weighted by atomic mass is 16.4. The Morgan fingerprint density at radius 3 is 2.00 bits per heavy atom. The minimum Gasteiger partial charge on any atom is -0.338 e. The summed E-state index contributed by atoms with van der Waals surface area (Å²) in [6, 6.07) is -0.0889. The molecule has 0 aromatic heterocycles. The van der Waals surface area contributed by atoms with Gasteiger partial charge in [-0.2, -0.15) is 0 Å². The molecule has 1 saturated carbocycles. The van der Waals surface area contributed by atoms with Crippen molar-refractivity contribution >= 4 is 12.1 Å². The number of amides is 3. The van der Waals surface area contributed by atoms with Crippen LogP contribution in [0.5, 0.6) is 0 Å². The van der Waals surface area contributed by atoms with Crippen LogP contribution in [0.1, 0.15) is 25.7 Å². The zero-order valence-electron chi connectivity index (χ0n) is 12.4. The molecule has 7 nitrogen and oxygen atoms in total. The first-order chi connectivity index (χ1) is 10.1. The second-order valence-corrected chi connectivity index (χ2v) is 6.05. The van der Waals surface area contributed by atoms with Crippen LogP contribution in [0.25, 0.3) is 0 Å². The zero-order chi connectivity index (χ0) is 15.2. The number of hydrogen-bond acceptors (Lipinski definition) is 3. The third-order valence-electron chi connectivity index (χ3n) is 4.67. The number of hydrogen-bond donors (Lipinski definition) is 2. The third-order valence-corrected chi connectivity index (χ3v) is 4.67. The van der Waals surface area contributed by atoms with E-state index in [4.69, 9.17) is 5.73 Å². The van der Waals surface area contributed by atoms with Gasteiger partial charge < -0.3 is 20.9 Å². The van der Waals surface area contributed by atoms with Crippen molar-refractivity contribution in [1.29, 1.82) is 0 Å². The molecule has 21 heavy (non-hydrogen) atoms. The van der Waals surface area contributed by atoms with E-state index in [1.807, 2.05) is 0 Å². The third kappa shape index (κ3) is 4.49. The molecule has 0 atom stereocenters. The van der Waals surface area contributed by atoms with E-state index >= 15 is 0 Å². The van der Waals surface area contributed by atoms with Gasteiger partial charge in [-0.25, -0.2) is 14.7 Å². The first-order valence-corrected chi connectivity index (χ1v) is 7.79. The quantitative estimate of drug-likeness (QED) is 0.799. The fourth-order valence-electron chi connectivity index (χ4n) is 3.11. The van der Waals surface area contributed by atoms with Crippen LogP contribution in [0.15, 0.2) is 0 Å². The minimum atomic E-state index is -1.16. The van der Waals surface area contributed by atoms with Crippen LogP contribution >= 0.6 is 0 Å². The van der Waals surface area contributed by atoms with Gasteiger partial charge in [0.15, 0.2) is 0 Å². The van der Waals surface area contributed by atoms with Crippen molar-refractivity contribution in [1.82, 2.24) is 15.1 Å². The fraction of sp³-hybridized carbons (Fsp3) is 0.857. The van der Waals surface area contributed by atoms with Crippen LogP contribution in [-0.4, -0.2) is 61.2 Å². The molecule has 2 rings (SSSR count). The van der Waals surface area contributed by atoms with Crippen LogP contribution in [0.4, 0.5) is 9.59 Å².